The molecule has 2 aromatic rings. The van der Waals surface area contributed by atoms with Crippen LogP contribution in [0.5, 0.6) is 0 Å². The molecule has 6 nitrogen and oxygen atoms in total. The van der Waals surface area contributed by atoms with Gasteiger partial charge in [0, 0.05) is 23.0 Å². The molecule has 3 heterocycles. The van der Waals surface area contributed by atoms with Crippen LogP contribution in [0, 0.1) is 0 Å². The smallest absolute Gasteiger partial charge is 0.328 e. The zero-order valence-electron chi connectivity index (χ0n) is 16.1. The number of fused-ring (bicyclic) bond motifs is 3. The number of aromatic nitrogens is 1. The predicted molar refractivity (Wildman–Crippen MR) is 102 cm³/mol. The Morgan fingerprint density at radius 1 is 1.30 bits per heavy atom. The first-order valence-electron chi connectivity index (χ1n) is 9.88. The summed E-state index contributed by atoms with van der Waals surface area (Å²) in [7, 11) is 1.40. The SMILES string of the molecule is COC(=O)[C@@H]1Cc2c([nH]c3ccccc23)CN1C(=O)C[NH+]1CCCC[C@H]1C. The second kappa shape index (κ2) is 7.35. The molecule has 1 unspecified atom stereocenters. The molecule has 2 aliphatic rings. The fourth-order valence-electron chi connectivity index (χ4n) is 4.63. The van der Waals surface area contributed by atoms with Crippen LogP contribution in [0.3, 0.4) is 0 Å². The van der Waals surface area contributed by atoms with Crippen molar-refractivity contribution in [3.63, 3.8) is 0 Å². The number of likely N-dealkylation sites (tertiary alicyclic amines) is 1. The molecule has 0 aliphatic carbocycles. The van der Waals surface area contributed by atoms with Crippen LogP contribution in [-0.2, 0) is 27.3 Å². The fourth-order valence-corrected chi connectivity index (χ4v) is 4.63. The predicted octanol–water partition coefficient (Wildman–Crippen LogP) is 1.05. The minimum absolute atomic E-state index is 0.0402. The monoisotopic (exact) mass is 370 g/mol. The molecule has 1 saturated heterocycles. The number of H-pyrrole nitrogens is 1. The Labute approximate surface area is 159 Å². The van der Waals surface area contributed by atoms with Gasteiger partial charge in [-0.3, -0.25) is 4.79 Å². The number of hydrogen-bond donors (Lipinski definition) is 2. The van der Waals surface area contributed by atoms with Gasteiger partial charge in [-0.15, -0.1) is 0 Å². The summed E-state index contributed by atoms with van der Waals surface area (Å²) < 4.78 is 5.04. The van der Waals surface area contributed by atoms with Crippen molar-refractivity contribution in [2.75, 3.05) is 20.2 Å². The number of rotatable bonds is 3. The topological polar surface area (TPSA) is 66.8 Å². The summed E-state index contributed by atoms with van der Waals surface area (Å²) in [5.41, 5.74) is 3.21. The summed E-state index contributed by atoms with van der Waals surface area (Å²) >= 11 is 0. The van der Waals surface area contributed by atoms with Crippen LogP contribution in [0.1, 0.15) is 37.4 Å². The molecular weight excluding hydrogens is 342 g/mol. The average molecular weight is 370 g/mol. The van der Waals surface area contributed by atoms with Crippen molar-refractivity contribution in [3.8, 4) is 0 Å². The number of hydrogen-bond acceptors (Lipinski definition) is 3. The van der Waals surface area contributed by atoms with E-state index in [-0.39, 0.29) is 11.9 Å². The number of para-hydroxylation sites is 1. The Bertz CT molecular complexity index is 859. The standard InChI is InChI=1S/C21H27N3O3/c1-14-7-5-6-10-23(14)13-20(25)24-12-18-16(11-19(24)21(26)27-2)15-8-3-4-9-17(15)22-18/h3-4,8-9,14,19,22H,5-7,10-13H2,1-2H3/p+1/t14-,19+/m1/s1. The van der Waals surface area contributed by atoms with E-state index in [9.17, 15) is 9.59 Å². The van der Waals surface area contributed by atoms with Crippen LogP contribution in [-0.4, -0.2) is 54.0 Å². The van der Waals surface area contributed by atoms with Crippen LogP contribution < -0.4 is 4.90 Å². The number of esters is 1. The fraction of sp³-hybridized carbons (Fsp3) is 0.524. The molecule has 0 spiro atoms. The van der Waals surface area contributed by atoms with Crippen LogP contribution >= 0.6 is 0 Å². The lowest BCUT2D eigenvalue weighted by atomic mass is 9.96. The Balaban J connectivity index is 1.61. The lowest BCUT2D eigenvalue weighted by Gasteiger charge is -2.36. The molecule has 3 atom stereocenters. The molecule has 0 radical (unpaired) electrons. The normalized spacial score (nSPS) is 25.3. The molecule has 1 aromatic carbocycles. The van der Waals surface area contributed by atoms with E-state index >= 15 is 0 Å². The number of piperidine rings is 1. The van der Waals surface area contributed by atoms with Gasteiger partial charge in [-0.2, -0.15) is 0 Å². The summed E-state index contributed by atoms with van der Waals surface area (Å²) in [5.74, 6) is -0.292. The van der Waals surface area contributed by atoms with E-state index in [4.69, 9.17) is 4.74 Å². The second-order valence-electron chi connectivity index (χ2n) is 7.87. The van der Waals surface area contributed by atoms with Crippen LogP contribution in [0.4, 0.5) is 0 Å². The summed E-state index contributed by atoms with van der Waals surface area (Å²) in [6.07, 6.45) is 4.07. The van der Waals surface area contributed by atoms with Crippen molar-refractivity contribution in [1.82, 2.24) is 9.88 Å². The number of aromatic amines is 1. The van der Waals surface area contributed by atoms with Crippen molar-refractivity contribution >= 4 is 22.8 Å². The first-order valence-corrected chi connectivity index (χ1v) is 9.88. The Kier molecular flexibility index (Phi) is 4.91. The molecule has 0 bridgehead atoms. The maximum absolute atomic E-state index is 13.2. The van der Waals surface area contributed by atoms with Crippen molar-refractivity contribution < 1.29 is 19.2 Å². The largest absolute Gasteiger partial charge is 0.467 e. The van der Waals surface area contributed by atoms with Gasteiger partial charge in [0.1, 0.15) is 6.04 Å². The highest BCUT2D eigenvalue weighted by Gasteiger charge is 2.38. The van der Waals surface area contributed by atoms with E-state index in [1.165, 1.54) is 24.9 Å². The average Bonchev–Trinajstić information content (AvgIpc) is 3.05. The molecule has 1 amide bonds. The van der Waals surface area contributed by atoms with Gasteiger partial charge in [-0.05, 0) is 37.8 Å². The molecule has 2 aliphatic heterocycles. The molecule has 144 valence electrons. The van der Waals surface area contributed by atoms with E-state index in [2.05, 4.69) is 18.0 Å². The van der Waals surface area contributed by atoms with Gasteiger partial charge in [-0.1, -0.05) is 18.2 Å². The number of carbonyl (C=O) groups excluding carboxylic acids is 2. The van der Waals surface area contributed by atoms with Gasteiger partial charge >= 0.3 is 5.97 Å². The minimum Gasteiger partial charge on any atom is -0.467 e. The number of ether oxygens (including phenoxy) is 1. The lowest BCUT2D eigenvalue weighted by Crippen LogP contribution is -3.17. The highest BCUT2D eigenvalue weighted by Crippen LogP contribution is 2.30. The van der Waals surface area contributed by atoms with E-state index in [0.29, 0.717) is 25.6 Å². The van der Waals surface area contributed by atoms with Crippen molar-refractivity contribution in [3.05, 3.63) is 35.5 Å². The molecular formula is C21H28N3O3+. The van der Waals surface area contributed by atoms with Crippen molar-refractivity contribution in [2.45, 2.75) is 51.2 Å². The quantitative estimate of drug-likeness (QED) is 0.794. The Morgan fingerprint density at radius 3 is 2.89 bits per heavy atom. The first kappa shape index (κ1) is 18.0. The highest BCUT2D eigenvalue weighted by molar-refractivity contribution is 5.90. The summed E-state index contributed by atoms with van der Waals surface area (Å²) in [6.45, 7) is 4.13. The van der Waals surface area contributed by atoms with Gasteiger partial charge in [0.05, 0.1) is 26.2 Å². The number of benzene rings is 1. The third-order valence-electron chi connectivity index (χ3n) is 6.26. The van der Waals surface area contributed by atoms with Gasteiger partial charge in [0.25, 0.3) is 5.91 Å². The van der Waals surface area contributed by atoms with Crippen LogP contribution in [0.2, 0.25) is 0 Å². The zero-order chi connectivity index (χ0) is 19.0. The van der Waals surface area contributed by atoms with E-state index < -0.39 is 6.04 Å². The molecule has 2 N–H and O–H groups in total. The summed E-state index contributed by atoms with van der Waals surface area (Å²) in [4.78, 5) is 32.1. The van der Waals surface area contributed by atoms with E-state index in [1.807, 2.05) is 18.2 Å². The van der Waals surface area contributed by atoms with Gasteiger partial charge in [-0.25, -0.2) is 4.79 Å². The third kappa shape index (κ3) is 3.34. The number of carbonyl (C=O) groups is 2. The number of nitrogens with zero attached hydrogens (tertiary/aromatic N) is 1. The maximum Gasteiger partial charge on any atom is 0.328 e. The zero-order valence-corrected chi connectivity index (χ0v) is 16.1. The van der Waals surface area contributed by atoms with Crippen LogP contribution in [0.15, 0.2) is 24.3 Å². The Hall–Kier alpha value is -2.34. The third-order valence-corrected chi connectivity index (χ3v) is 6.26. The van der Waals surface area contributed by atoms with Crippen molar-refractivity contribution in [2.24, 2.45) is 0 Å². The molecule has 4 rings (SSSR count). The summed E-state index contributed by atoms with van der Waals surface area (Å²) in [6, 6.07) is 8.04. The lowest BCUT2D eigenvalue weighted by molar-refractivity contribution is -0.921. The second-order valence-corrected chi connectivity index (χ2v) is 7.87. The van der Waals surface area contributed by atoms with Crippen LogP contribution in [0.25, 0.3) is 10.9 Å². The molecule has 6 heteroatoms. The number of amides is 1. The Morgan fingerprint density at radius 2 is 2.11 bits per heavy atom. The van der Waals surface area contributed by atoms with Crippen molar-refractivity contribution in [1.29, 1.82) is 0 Å². The molecule has 1 aromatic heterocycles. The van der Waals surface area contributed by atoms with E-state index in [0.717, 1.165) is 35.1 Å². The maximum atomic E-state index is 13.2. The van der Waals surface area contributed by atoms with Gasteiger partial charge < -0.3 is 19.5 Å². The molecule has 0 saturated carbocycles. The van der Waals surface area contributed by atoms with E-state index in [1.54, 1.807) is 4.90 Å². The first-order chi connectivity index (χ1) is 13.1. The minimum atomic E-state index is -0.547. The number of nitrogens with one attached hydrogen (secondary N) is 2. The summed E-state index contributed by atoms with van der Waals surface area (Å²) in [5, 5.41) is 1.13. The highest BCUT2D eigenvalue weighted by atomic mass is 16.5. The number of quaternary nitrogens is 1. The van der Waals surface area contributed by atoms with Gasteiger partial charge in [0.2, 0.25) is 0 Å². The molecule has 27 heavy (non-hydrogen) atoms. The molecule has 1 fully saturated rings. The number of methoxy groups -OCH3 is 1. The van der Waals surface area contributed by atoms with Gasteiger partial charge in [0.15, 0.2) is 6.54 Å².